The highest BCUT2D eigenvalue weighted by Gasteiger charge is 2.07. The van der Waals surface area contributed by atoms with Crippen molar-refractivity contribution in [3.8, 4) is 11.3 Å². The van der Waals surface area contributed by atoms with Gasteiger partial charge in [0.1, 0.15) is 5.69 Å². The Labute approximate surface area is 69.6 Å². The molecular weight excluding hydrogens is 154 g/mol. The minimum absolute atomic E-state index is 0.666. The predicted octanol–water partition coefficient (Wildman–Crippen LogP) is 1.26. The van der Waals surface area contributed by atoms with E-state index in [1.165, 1.54) is 0 Å². The summed E-state index contributed by atoms with van der Waals surface area (Å²) in [6, 6.07) is 1.83. The number of hydrogen-bond acceptors (Lipinski definition) is 3. The fourth-order valence-electron chi connectivity index (χ4n) is 1.13. The zero-order chi connectivity index (χ0) is 8.55. The van der Waals surface area contributed by atoms with Crippen LogP contribution in [0.15, 0.2) is 29.2 Å². The maximum atomic E-state index is 5.71. The fourth-order valence-corrected chi connectivity index (χ4v) is 1.13. The summed E-state index contributed by atoms with van der Waals surface area (Å²) >= 11 is 0. The molecule has 62 valence electrons. The third kappa shape index (κ3) is 0.972. The second-order valence-electron chi connectivity index (χ2n) is 2.62. The molecule has 0 bridgehead atoms. The van der Waals surface area contributed by atoms with Crippen LogP contribution in [0, 0.1) is 0 Å². The maximum Gasteiger partial charge on any atom is 0.118 e. The van der Waals surface area contributed by atoms with Crippen molar-refractivity contribution in [2.45, 2.75) is 0 Å². The number of hydrogen-bond donors (Lipinski definition) is 1. The van der Waals surface area contributed by atoms with Gasteiger partial charge in [0.05, 0.1) is 18.2 Å². The Bertz CT molecular complexity index is 375. The van der Waals surface area contributed by atoms with Crippen LogP contribution in [-0.2, 0) is 7.05 Å². The number of aryl methyl sites for hydroxylation is 1. The molecule has 0 radical (unpaired) electrons. The van der Waals surface area contributed by atoms with E-state index in [4.69, 9.17) is 10.2 Å². The summed E-state index contributed by atoms with van der Waals surface area (Å²) in [6.07, 6.45) is 4.99. The van der Waals surface area contributed by atoms with E-state index >= 15 is 0 Å². The van der Waals surface area contributed by atoms with Gasteiger partial charge >= 0.3 is 0 Å². The van der Waals surface area contributed by atoms with Crippen LogP contribution >= 0.6 is 0 Å². The monoisotopic (exact) mass is 163 g/mol. The molecular formula is C8H9N3O. The van der Waals surface area contributed by atoms with Gasteiger partial charge < -0.3 is 10.2 Å². The van der Waals surface area contributed by atoms with Crippen LogP contribution in [0.5, 0.6) is 0 Å². The van der Waals surface area contributed by atoms with Gasteiger partial charge in [-0.2, -0.15) is 5.10 Å². The van der Waals surface area contributed by atoms with E-state index in [0.29, 0.717) is 5.69 Å². The van der Waals surface area contributed by atoms with Crippen molar-refractivity contribution in [3.05, 3.63) is 24.8 Å². The van der Waals surface area contributed by atoms with E-state index in [0.717, 1.165) is 11.3 Å². The highest BCUT2D eigenvalue weighted by atomic mass is 16.3. The molecule has 2 N–H and O–H groups in total. The van der Waals surface area contributed by atoms with E-state index < -0.39 is 0 Å². The molecule has 2 heterocycles. The molecule has 12 heavy (non-hydrogen) atoms. The van der Waals surface area contributed by atoms with Crippen LogP contribution < -0.4 is 5.73 Å². The minimum atomic E-state index is 0.666. The van der Waals surface area contributed by atoms with E-state index in [-0.39, 0.29) is 0 Å². The van der Waals surface area contributed by atoms with Crippen LogP contribution in [0.2, 0.25) is 0 Å². The average molecular weight is 163 g/mol. The molecule has 0 aromatic carbocycles. The van der Waals surface area contributed by atoms with Crippen molar-refractivity contribution < 1.29 is 4.42 Å². The first-order chi connectivity index (χ1) is 5.77. The number of anilines is 1. The summed E-state index contributed by atoms with van der Waals surface area (Å²) in [6.45, 7) is 0. The molecule has 0 aliphatic heterocycles. The molecule has 0 atom stereocenters. The molecule has 0 spiro atoms. The molecule has 0 unspecified atom stereocenters. The summed E-state index contributed by atoms with van der Waals surface area (Å²) in [5, 5.41) is 4.18. The lowest BCUT2D eigenvalue weighted by Gasteiger charge is -1.89. The van der Waals surface area contributed by atoms with Crippen molar-refractivity contribution in [3.63, 3.8) is 0 Å². The Kier molecular flexibility index (Phi) is 1.40. The lowest BCUT2D eigenvalue weighted by Crippen LogP contribution is -1.86. The van der Waals surface area contributed by atoms with E-state index in [2.05, 4.69) is 5.10 Å². The van der Waals surface area contributed by atoms with Gasteiger partial charge in [-0.05, 0) is 6.07 Å². The molecule has 0 saturated carbocycles. The third-order valence-electron chi connectivity index (χ3n) is 1.65. The highest BCUT2D eigenvalue weighted by Crippen LogP contribution is 2.23. The quantitative estimate of drug-likeness (QED) is 0.688. The van der Waals surface area contributed by atoms with Crippen LogP contribution in [0.25, 0.3) is 11.3 Å². The number of furan rings is 1. The van der Waals surface area contributed by atoms with E-state index in [1.807, 2.05) is 13.1 Å². The summed E-state index contributed by atoms with van der Waals surface area (Å²) in [4.78, 5) is 0. The van der Waals surface area contributed by atoms with Gasteiger partial charge in [-0.25, -0.2) is 0 Å². The smallest absolute Gasteiger partial charge is 0.118 e. The van der Waals surface area contributed by atoms with Crippen LogP contribution in [0.1, 0.15) is 0 Å². The Morgan fingerprint density at radius 2 is 2.42 bits per heavy atom. The molecule has 0 aliphatic rings. The molecule has 0 fully saturated rings. The zero-order valence-electron chi connectivity index (χ0n) is 6.69. The lowest BCUT2D eigenvalue weighted by atomic mass is 10.2. The van der Waals surface area contributed by atoms with Gasteiger partial charge in [0.15, 0.2) is 0 Å². The zero-order valence-corrected chi connectivity index (χ0v) is 6.69. The number of rotatable bonds is 1. The Balaban J connectivity index is 2.54. The Morgan fingerprint density at radius 3 is 2.92 bits per heavy atom. The number of aromatic nitrogens is 2. The van der Waals surface area contributed by atoms with E-state index in [1.54, 1.807) is 23.4 Å². The summed E-state index contributed by atoms with van der Waals surface area (Å²) < 4.78 is 6.61. The Morgan fingerprint density at radius 1 is 1.58 bits per heavy atom. The van der Waals surface area contributed by atoms with Gasteiger partial charge in [0, 0.05) is 18.8 Å². The second kappa shape index (κ2) is 2.41. The van der Waals surface area contributed by atoms with Crippen LogP contribution in [-0.4, -0.2) is 9.78 Å². The average Bonchev–Trinajstić information content (AvgIpc) is 2.58. The molecule has 4 nitrogen and oxygen atoms in total. The molecule has 2 aromatic heterocycles. The van der Waals surface area contributed by atoms with Crippen LogP contribution in [0.4, 0.5) is 5.69 Å². The van der Waals surface area contributed by atoms with E-state index in [9.17, 15) is 0 Å². The molecule has 0 saturated heterocycles. The van der Waals surface area contributed by atoms with Crippen molar-refractivity contribution >= 4 is 5.69 Å². The van der Waals surface area contributed by atoms with Crippen LogP contribution in [0.3, 0.4) is 0 Å². The van der Waals surface area contributed by atoms with Crippen molar-refractivity contribution in [2.24, 2.45) is 7.05 Å². The van der Waals surface area contributed by atoms with Gasteiger partial charge in [-0.1, -0.05) is 0 Å². The SMILES string of the molecule is Cn1cc(N)c(-c2ccoc2)n1. The first-order valence-corrected chi connectivity index (χ1v) is 3.59. The summed E-state index contributed by atoms with van der Waals surface area (Å²) in [5.74, 6) is 0. The van der Waals surface area contributed by atoms with Gasteiger partial charge in [-0.15, -0.1) is 0 Å². The second-order valence-corrected chi connectivity index (χ2v) is 2.62. The van der Waals surface area contributed by atoms with Crippen molar-refractivity contribution in [1.82, 2.24) is 9.78 Å². The largest absolute Gasteiger partial charge is 0.472 e. The highest BCUT2D eigenvalue weighted by molar-refractivity contribution is 5.70. The van der Waals surface area contributed by atoms with Gasteiger partial charge in [0.2, 0.25) is 0 Å². The number of nitrogens with zero attached hydrogens (tertiary/aromatic N) is 2. The summed E-state index contributed by atoms with van der Waals surface area (Å²) in [5.41, 5.74) is 8.05. The number of nitrogen functional groups attached to an aromatic ring is 1. The normalized spacial score (nSPS) is 10.4. The molecule has 4 heteroatoms. The maximum absolute atomic E-state index is 5.71. The number of nitrogens with two attached hydrogens (primary N) is 1. The van der Waals surface area contributed by atoms with Crippen molar-refractivity contribution in [2.75, 3.05) is 5.73 Å². The molecule has 0 amide bonds. The van der Waals surface area contributed by atoms with Gasteiger partial charge in [-0.3, -0.25) is 4.68 Å². The van der Waals surface area contributed by atoms with Crippen molar-refractivity contribution in [1.29, 1.82) is 0 Å². The predicted molar refractivity (Wildman–Crippen MR) is 45.3 cm³/mol. The third-order valence-corrected chi connectivity index (χ3v) is 1.65. The fraction of sp³-hybridized carbons (Fsp3) is 0.125. The summed E-state index contributed by atoms with van der Waals surface area (Å²) in [7, 11) is 1.83. The lowest BCUT2D eigenvalue weighted by molar-refractivity contribution is 0.568. The first-order valence-electron chi connectivity index (χ1n) is 3.59. The topological polar surface area (TPSA) is 57.0 Å². The first kappa shape index (κ1) is 6.97. The molecule has 2 rings (SSSR count). The molecule has 0 aliphatic carbocycles. The standard InChI is InChI=1S/C8H9N3O/c1-11-4-7(9)8(10-11)6-2-3-12-5-6/h2-5H,9H2,1H3. The molecule has 2 aromatic rings. The minimum Gasteiger partial charge on any atom is -0.472 e. The Hall–Kier alpha value is -1.71. The van der Waals surface area contributed by atoms with Gasteiger partial charge in [0.25, 0.3) is 0 Å².